The highest BCUT2D eigenvalue weighted by atomic mass is 28.4. The molecule has 0 aliphatic carbocycles. The summed E-state index contributed by atoms with van der Waals surface area (Å²) in [5.74, 6) is 0. The Morgan fingerprint density at radius 2 is 1.11 bits per heavy atom. The molecule has 0 aromatic rings. The van der Waals surface area contributed by atoms with Crippen LogP contribution in [0.1, 0.15) is 0 Å². The Morgan fingerprint density at radius 3 is 1.11 bits per heavy atom. The third-order valence-corrected chi connectivity index (χ3v) is 3.34. The zero-order valence-corrected chi connectivity index (χ0v) is 7.72. The molecule has 0 unspecified atom stereocenters. The molecule has 0 bridgehead atoms. The van der Waals surface area contributed by atoms with E-state index >= 15 is 0 Å². The predicted octanol–water partition coefficient (Wildman–Crippen LogP) is 0.945. The zero-order valence-electron chi connectivity index (χ0n) is 6.72. The molecule has 0 N–H and O–H groups in total. The van der Waals surface area contributed by atoms with Crippen LogP contribution in [0.5, 0.6) is 0 Å². The van der Waals surface area contributed by atoms with Gasteiger partial charge < -0.3 is 13.3 Å². The van der Waals surface area contributed by atoms with Gasteiger partial charge in [-0.1, -0.05) is 7.43 Å². The fourth-order valence-corrected chi connectivity index (χ4v) is 0.750. The van der Waals surface area contributed by atoms with Gasteiger partial charge in [0.1, 0.15) is 0 Å². The van der Waals surface area contributed by atoms with Crippen LogP contribution in [-0.4, -0.2) is 30.1 Å². The third-order valence-electron chi connectivity index (χ3n) is 1.11. The van der Waals surface area contributed by atoms with Gasteiger partial charge in [0.05, 0.1) is 0 Å². The van der Waals surface area contributed by atoms with E-state index in [0.717, 1.165) is 0 Å². The number of rotatable bonds is 3. The van der Waals surface area contributed by atoms with Crippen LogP contribution in [0.4, 0.5) is 0 Å². The first-order valence-electron chi connectivity index (χ1n) is 2.34. The van der Waals surface area contributed by atoms with Crippen LogP contribution in [0.3, 0.4) is 0 Å². The minimum absolute atomic E-state index is 0. The normalized spacial score (nSPS) is 10.7. The highest BCUT2D eigenvalue weighted by molar-refractivity contribution is 6.58. The van der Waals surface area contributed by atoms with Crippen molar-refractivity contribution in [2.24, 2.45) is 0 Å². The van der Waals surface area contributed by atoms with E-state index in [2.05, 4.69) is 0 Å². The summed E-state index contributed by atoms with van der Waals surface area (Å²) >= 11 is 0. The molecule has 0 amide bonds. The first kappa shape index (κ1) is 11.8. The van der Waals surface area contributed by atoms with Crippen LogP contribution < -0.4 is 0 Å². The van der Waals surface area contributed by atoms with Crippen molar-refractivity contribution >= 4 is 8.80 Å². The lowest BCUT2D eigenvalue weighted by Gasteiger charge is -2.18. The molecule has 4 heteroatoms. The third kappa shape index (κ3) is 3.64. The Labute approximate surface area is 58.3 Å². The van der Waals surface area contributed by atoms with Crippen LogP contribution in [0.15, 0.2) is 0 Å². The van der Waals surface area contributed by atoms with Crippen molar-refractivity contribution in [1.29, 1.82) is 0 Å². The summed E-state index contributed by atoms with van der Waals surface area (Å²) in [6.45, 7) is 1.83. The van der Waals surface area contributed by atoms with Crippen molar-refractivity contribution in [2.75, 3.05) is 21.3 Å². The van der Waals surface area contributed by atoms with Gasteiger partial charge in [0.2, 0.25) is 0 Å². The topological polar surface area (TPSA) is 27.7 Å². The summed E-state index contributed by atoms with van der Waals surface area (Å²) in [4.78, 5) is 0. The second-order valence-corrected chi connectivity index (χ2v) is 4.42. The number of hydrogen-bond acceptors (Lipinski definition) is 3. The average Bonchev–Trinajstić information content (AvgIpc) is 1.87. The van der Waals surface area contributed by atoms with Crippen LogP contribution in [-0.2, 0) is 13.3 Å². The molecule has 0 spiro atoms. The molecule has 0 rings (SSSR count). The smallest absolute Gasteiger partial charge is 0.377 e. The summed E-state index contributed by atoms with van der Waals surface area (Å²) in [5, 5.41) is 0. The molecule has 3 nitrogen and oxygen atoms in total. The van der Waals surface area contributed by atoms with E-state index in [1.165, 1.54) is 0 Å². The Morgan fingerprint density at radius 1 is 0.889 bits per heavy atom. The second-order valence-electron chi connectivity index (χ2n) is 1.47. The maximum Gasteiger partial charge on any atom is 0.496 e. The first-order valence-corrected chi connectivity index (χ1v) is 4.56. The van der Waals surface area contributed by atoms with E-state index < -0.39 is 8.80 Å². The maximum absolute atomic E-state index is 4.93. The van der Waals surface area contributed by atoms with Gasteiger partial charge in [-0.3, -0.25) is 0 Å². The molecule has 9 heavy (non-hydrogen) atoms. The second kappa shape index (κ2) is 4.93. The summed E-state index contributed by atoms with van der Waals surface area (Å²) in [5.41, 5.74) is 0. The molecule has 1 radical (unpaired) electrons. The van der Waals surface area contributed by atoms with Crippen molar-refractivity contribution in [1.82, 2.24) is 0 Å². The summed E-state index contributed by atoms with van der Waals surface area (Å²) < 4.78 is 14.8. The predicted molar refractivity (Wildman–Crippen MR) is 39.1 cm³/mol. The van der Waals surface area contributed by atoms with Crippen molar-refractivity contribution < 1.29 is 13.3 Å². The van der Waals surface area contributed by atoms with E-state index in [0.29, 0.717) is 0 Å². The van der Waals surface area contributed by atoms with Gasteiger partial charge in [-0.25, -0.2) is 0 Å². The van der Waals surface area contributed by atoms with Crippen LogP contribution in [0.2, 0.25) is 6.55 Å². The van der Waals surface area contributed by atoms with Gasteiger partial charge in [0, 0.05) is 27.9 Å². The first-order chi connectivity index (χ1) is 3.68. The molecule has 0 heterocycles. The largest absolute Gasteiger partial charge is 0.496 e. The average molecular weight is 151 g/mol. The Kier molecular flexibility index (Phi) is 6.48. The van der Waals surface area contributed by atoms with Crippen molar-refractivity contribution in [3.8, 4) is 0 Å². The lowest BCUT2D eigenvalue weighted by atomic mass is 11.8. The van der Waals surface area contributed by atoms with E-state index in [4.69, 9.17) is 13.3 Å². The molecule has 0 saturated carbocycles. The lowest BCUT2D eigenvalue weighted by molar-refractivity contribution is 0.132. The fourth-order valence-electron chi connectivity index (χ4n) is 0.250. The van der Waals surface area contributed by atoms with Crippen molar-refractivity contribution in [3.63, 3.8) is 0 Å². The molecule has 57 valence electrons. The molecule has 0 aliphatic heterocycles. The van der Waals surface area contributed by atoms with Gasteiger partial charge >= 0.3 is 8.80 Å². The van der Waals surface area contributed by atoms with Crippen LogP contribution in [0, 0.1) is 7.43 Å². The number of hydrogen-bond donors (Lipinski definition) is 0. The summed E-state index contributed by atoms with van der Waals surface area (Å²) in [6.07, 6.45) is 0. The Balaban J connectivity index is 0. The van der Waals surface area contributed by atoms with Gasteiger partial charge in [-0.15, -0.1) is 0 Å². The minimum atomic E-state index is -2.17. The van der Waals surface area contributed by atoms with E-state index in [1.807, 2.05) is 6.55 Å². The molecule has 0 aromatic carbocycles. The molecular weight excluding hydrogens is 136 g/mol. The summed E-state index contributed by atoms with van der Waals surface area (Å²) in [7, 11) is 2.58. The summed E-state index contributed by atoms with van der Waals surface area (Å²) in [6, 6.07) is 0. The van der Waals surface area contributed by atoms with Crippen LogP contribution >= 0.6 is 0 Å². The SMILES string of the molecule is CO[Si](C)(OC)OC.[CH3]. The zero-order chi connectivity index (χ0) is 6.62. The van der Waals surface area contributed by atoms with E-state index in [1.54, 1.807) is 21.3 Å². The van der Waals surface area contributed by atoms with Crippen molar-refractivity contribution in [2.45, 2.75) is 6.55 Å². The lowest BCUT2D eigenvalue weighted by Crippen LogP contribution is -2.38. The molecule has 0 atom stereocenters. The molecule has 0 aliphatic rings. The quantitative estimate of drug-likeness (QED) is 0.562. The Bertz CT molecular complexity index is 55.0. The van der Waals surface area contributed by atoms with E-state index in [9.17, 15) is 0 Å². The van der Waals surface area contributed by atoms with Gasteiger partial charge in [-0.05, 0) is 0 Å². The van der Waals surface area contributed by atoms with E-state index in [-0.39, 0.29) is 7.43 Å². The monoisotopic (exact) mass is 151 g/mol. The Hall–Kier alpha value is 0.0969. The highest BCUT2D eigenvalue weighted by Gasteiger charge is 2.29. The minimum Gasteiger partial charge on any atom is -0.377 e. The highest BCUT2D eigenvalue weighted by Crippen LogP contribution is 2.02. The molecule has 0 saturated heterocycles. The van der Waals surface area contributed by atoms with Gasteiger partial charge in [0.25, 0.3) is 0 Å². The van der Waals surface area contributed by atoms with Crippen molar-refractivity contribution in [3.05, 3.63) is 7.43 Å². The van der Waals surface area contributed by atoms with Gasteiger partial charge in [-0.2, -0.15) is 0 Å². The standard InChI is InChI=1S/C4H12O3Si.CH3/c1-5-8(4,6-2)7-3;/h1-4H3;1H3. The molecule has 0 aromatic heterocycles. The van der Waals surface area contributed by atoms with Crippen LogP contribution in [0.25, 0.3) is 0 Å². The molecular formula is C5H15O3Si. The maximum atomic E-state index is 4.93. The fraction of sp³-hybridized carbons (Fsp3) is 0.800. The molecule has 0 fully saturated rings. The van der Waals surface area contributed by atoms with Gasteiger partial charge in [0.15, 0.2) is 0 Å².